The maximum Gasteiger partial charge on any atom is 0.416 e. The Morgan fingerprint density at radius 3 is 2.26 bits per heavy atom. The van der Waals surface area contributed by atoms with Gasteiger partial charge in [-0.2, -0.15) is 26.3 Å². The summed E-state index contributed by atoms with van der Waals surface area (Å²) in [5, 5.41) is 15.4. The van der Waals surface area contributed by atoms with Crippen LogP contribution in [0.15, 0.2) is 48.5 Å². The summed E-state index contributed by atoms with van der Waals surface area (Å²) in [6.07, 6.45) is -7.45. The van der Waals surface area contributed by atoms with Crippen molar-refractivity contribution in [2.75, 3.05) is 19.6 Å². The van der Waals surface area contributed by atoms with E-state index in [-0.39, 0.29) is 24.1 Å². The Balaban J connectivity index is 1.26. The van der Waals surface area contributed by atoms with Gasteiger partial charge in [0.2, 0.25) is 5.91 Å². The highest BCUT2D eigenvalue weighted by atomic mass is 19.4. The van der Waals surface area contributed by atoms with Crippen molar-refractivity contribution >= 4 is 11.8 Å². The molecule has 1 aliphatic carbocycles. The van der Waals surface area contributed by atoms with E-state index in [0.29, 0.717) is 43.9 Å². The van der Waals surface area contributed by atoms with Crippen molar-refractivity contribution in [2.24, 2.45) is 0 Å². The Bertz CT molecular complexity index is 1180. The van der Waals surface area contributed by atoms with Crippen LogP contribution < -0.4 is 10.6 Å². The smallest absolute Gasteiger partial charge is 0.390 e. The number of rotatable bonds is 6. The first-order valence-corrected chi connectivity index (χ1v) is 12.7. The third-order valence-corrected chi connectivity index (χ3v) is 7.44. The first-order chi connectivity index (χ1) is 18.3. The third kappa shape index (κ3) is 7.10. The number of aliphatic hydroxyl groups is 1. The van der Waals surface area contributed by atoms with Gasteiger partial charge in [-0.3, -0.25) is 14.5 Å². The molecule has 0 radical (unpaired) electrons. The lowest BCUT2D eigenvalue weighted by molar-refractivity contribution is -0.139. The number of nitrogens with one attached hydrogen (secondary N) is 2. The molecule has 2 atom stereocenters. The second-order valence-corrected chi connectivity index (χ2v) is 10.0. The van der Waals surface area contributed by atoms with Gasteiger partial charge in [0, 0.05) is 24.7 Å². The Labute approximate surface area is 221 Å². The number of nitrogens with zero attached hydrogens (tertiary/aromatic N) is 1. The van der Waals surface area contributed by atoms with Crippen molar-refractivity contribution in [2.45, 2.75) is 62.1 Å². The first-order valence-electron chi connectivity index (χ1n) is 12.7. The lowest BCUT2D eigenvalue weighted by Crippen LogP contribution is -2.47. The van der Waals surface area contributed by atoms with Crippen LogP contribution in [0.25, 0.3) is 0 Å². The fraction of sp³-hybridized carbons (Fsp3) is 0.481. The Kier molecular flexibility index (Phi) is 8.55. The van der Waals surface area contributed by atoms with E-state index in [1.165, 1.54) is 18.2 Å². The normalized spacial score (nSPS) is 24.4. The van der Waals surface area contributed by atoms with Gasteiger partial charge in [-0.1, -0.05) is 24.3 Å². The van der Waals surface area contributed by atoms with E-state index >= 15 is 0 Å². The average Bonchev–Trinajstić information content (AvgIpc) is 3.26. The number of aliphatic hydroxyl groups excluding tert-OH is 1. The minimum Gasteiger partial charge on any atom is -0.390 e. The quantitative estimate of drug-likeness (QED) is 0.462. The molecule has 1 saturated heterocycles. The minimum absolute atomic E-state index is 0.0523. The van der Waals surface area contributed by atoms with Crippen LogP contribution in [-0.2, 0) is 17.1 Å². The highest BCUT2D eigenvalue weighted by molar-refractivity contribution is 5.96. The van der Waals surface area contributed by atoms with Gasteiger partial charge in [-0.15, -0.1) is 0 Å². The summed E-state index contributed by atoms with van der Waals surface area (Å²) in [7, 11) is 0. The van der Waals surface area contributed by atoms with Gasteiger partial charge in [0.1, 0.15) is 0 Å². The van der Waals surface area contributed by atoms with Crippen molar-refractivity contribution in [1.82, 2.24) is 15.5 Å². The van der Waals surface area contributed by atoms with Crippen LogP contribution in [-0.4, -0.2) is 59.6 Å². The van der Waals surface area contributed by atoms with Crippen LogP contribution in [0.5, 0.6) is 0 Å². The summed E-state index contributed by atoms with van der Waals surface area (Å²) in [5.74, 6) is -1.65. The molecule has 1 aliphatic heterocycles. The molecule has 3 N–H and O–H groups in total. The number of carbonyl (C=O) groups is 2. The topological polar surface area (TPSA) is 81.7 Å². The zero-order valence-electron chi connectivity index (χ0n) is 20.9. The minimum atomic E-state index is -4.61. The molecule has 2 fully saturated rings. The molecule has 2 aliphatic rings. The van der Waals surface area contributed by atoms with E-state index < -0.39 is 54.0 Å². The Hall–Kier alpha value is -3.12. The van der Waals surface area contributed by atoms with Crippen LogP contribution >= 0.6 is 0 Å². The molecular weight excluding hydrogens is 528 g/mol. The molecule has 2 aromatic rings. The number of halogens is 6. The standard InChI is InChI=1S/C27H29F6N3O3/c28-26(29,30)18-5-3-4-17(12-18)25(39)34-13-24(38)35-22-14-36(15-23(22)37)19-10-8-16(9-11-19)20-6-1-2-7-21(20)27(31,32)33/h1-7,12,16,19,22-23,37H,8-11,13-15H2,(H,34,39)(H,35,38)/t16?,19?,22-,23+/m0/s1. The molecule has 0 unspecified atom stereocenters. The zero-order chi connectivity index (χ0) is 28.4. The van der Waals surface area contributed by atoms with E-state index in [2.05, 4.69) is 10.6 Å². The molecule has 39 heavy (non-hydrogen) atoms. The van der Waals surface area contributed by atoms with E-state index in [4.69, 9.17) is 0 Å². The van der Waals surface area contributed by atoms with Crippen LogP contribution in [0.2, 0.25) is 0 Å². The van der Waals surface area contributed by atoms with Crippen molar-refractivity contribution in [3.8, 4) is 0 Å². The molecule has 12 heteroatoms. The lowest BCUT2D eigenvalue weighted by Gasteiger charge is -2.35. The Morgan fingerprint density at radius 1 is 0.897 bits per heavy atom. The number of hydrogen-bond donors (Lipinski definition) is 3. The zero-order valence-corrected chi connectivity index (χ0v) is 20.9. The third-order valence-electron chi connectivity index (χ3n) is 7.44. The van der Waals surface area contributed by atoms with Crippen molar-refractivity contribution in [1.29, 1.82) is 0 Å². The van der Waals surface area contributed by atoms with Crippen molar-refractivity contribution in [3.05, 3.63) is 70.8 Å². The summed E-state index contributed by atoms with van der Waals surface area (Å²) in [6, 6.07) is 8.91. The summed E-state index contributed by atoms with van der Waals surface area (Å²) < 4.78 is 78.9. The second kappa shape index (κ2) is 11.5. The molecular formula is C27H29F6N3O3. The fourth-order valence-electron chi connectivity index (χ4n) is 5.48. The van der Waals surface area contributed by atoms with Crippen LogP contribution in [0.4, 0.5) is 26.3 Å². The highest BCUT2D eigenvalue weighted by Crippen LogP contribution is 2.41. The number of likely N-dealkylation sites (tertiary alicyclic amines) is 1. The predicted molar refractivity (Wildman–Crippen MR) is 130 cm³/mol. The SMILES string of the molecule is O=C(CNC(=O)c1cccc(C(F)(F)F)c1)N[C@H]1CN(C2CCC(c3ccccc3C(F)(F)F)CC2)C[C@H]1O. The lowest BCUT2D eigenvalue weighted by atomic mass is 9.79. The number of carbonyl (C=O) groups excluding carboxylic acids is 2. The van der Waals surface area contributed by atoms with E-state index in [9.17, 15) is 41.0 Å². The van der Waals surface area contributed by atoms with Crippen molar-refractivity contribution < 1.29 is 41.0 Å². The van der Waals surface area contributed by atoms with Crippen LogP contribution in [0.3, 0.4) is 0 Å². The van der Waals surface area contributed by atoms with Crippen LogP contribution in [0, 0.1) is 0 Å². The predicted octanol–water partition coefficient (Wildman–Crippen LogP) is 4.34. The van der Waals surface area contributed by atoms with E-state index in [0.717, 1.165) is 18.2 Å². The number of alkyl halides is 6. The number of hydrogen-bond acceptors (Lipinski definition) is 4. The van der Waals surface area contributed by atoms with Gasteiger partial charge >= 0.3 is 12.4 Å². The molecule has 2 amide bonds. The summed E-state index contributed by atoms with van der Waals surface area (Å²) in [6.45, 7) is 0.140. The van der Waals surface area contributed by atoms with Crippen molar-refractivity contribution in [3.63, 3.8) is 0 Å². The van der Waals surface area contributed by atoms with Gasteiger partial charge in [-0.25, -0.2) is 0 Å². The molecule has 1 saturated carbocycles. The van der Waals surface area contributed by atoms with Gasteiger partial charge in [0.05, 0.1) is 29.8 Å². The van der Waals surface area contributed by atoms with Gasteiger partial charge < -0.3 is 15.7 Å². The number of β-amino-alcohol motifs (C(OH)–C–C–N with tert-alkyl or cyclic N) is 1. The van der Waals surface area contributed by atoms with Gasteiger partial charge in [-0.05, 0) is 61.4 Å². The van der Waals surface area contributed by atoms with Gasteiger partial charge in [0.25, 0.3) is 5.91 Å². The molecule has 2 aromatic carbocycles. The largest absolute Gasteiger partial charge is 0.416 e. The fourth-order valence-corrected chi connectivity index (χ4v) is 5.48. The maximum atomic E-state index is 13.4. The average molecular weight is 558 g/mol. The second-order valence-electron chi connectivity index (χ2n) is 10.0. The molecule has 0 bridgehead atoms. The highest BCUT2D eigenvalue weighted by Gasteiger charge is 2.39. The van der Waals surface area contributed by atoms with Gasteiger partial charge in [0.15, 0.2) is 0 Å². The number of benzene rings is 2. The molecule has 0 aromatic heterocycles. The number of amides is 2. The monoisotopic (exact) mass is 557 g/mol. The van der Waals surface area contributed by atoms with Crippen LogP contribution in [0.1, 0.15) is 58.6 Å². The molecule has 0 spiro atoms. The summed E-state index contributed by atoms with van der Waals surface area (Å²) in [5.41, 5.74) is -1.51. The molecule has 212 valence electrons. The molecule has 4 rings (SSSR count). The Morgan fingerprint density at radius 2 is 1.59 bits per heavy atom. The summed E-state index contributed by atoms with van der Waals surface area (Å²) in [4.78, 5) is 26.6. The molecule has 1 heterocycles. The summed E-state index contributed by atoms with van der Waals surface area (Å²) >= 11 is 0. The van der Waals surface area contributed by atoms with E-state index in [1.807, 2.05) is 4.90 Å². The molecule has 6 nitrogen and oxygen atoms in total. The van der Waals surface area contributed by atoms with E-state index in [1.54, 1.807) is 6.07 Å². The maximum absolute atomic E-state index is 13.4. The first kappa shape index (κ1) is 28.9.